The summed E-state index contributed by atoms with van der Waals surface area (Å²) < 4.78 is 0. The lowest BCUT2D eigenvalue weighted by Crippen LogP contribution is -2.26. The lowest BCUT2D eigenvalue weighted by Gasteiger charge is -2.21. The number of aromatic nitrogens is 1. The minimum Gasteiger partial charge on any atom is -0.357 e. The smallest absolute Gasteiger partial charge is 0.290 e. The van der Waals surface area contributed by atoms with E-state index in [9.17, 15) is 10.1 Å². The standard InChI is InChI=1S/C12H17N3O2/c1-3-14(8-10-4-5-10)12-6-9(2)11(7-13-12)15(16)17/h6-7,10H,3-5,8H2,1-2H3. The van der Waals surface area contributed by atoms with Crippen LogP contribution in [-0.4, -0.2) is 23.0 Å². The molecule has 0 atom stereocenters. The Morgan fingerprint density at radius 1 is 1.59 bits per heavy atom. The van der Waals surface area contributed by atoms with Crippen molar-refractivity contribution in [1.29, 1.82) is 0 Å². The molecule has 0 saturated heterocycles. The zero-order valence-electron chi connectivity index (χ0n) is 10.2. The van der Waals surface area contributed by atoms with Crippen molar-refractivity contribution in [3.63, 3.8) is 0 Å². The molecule has 1 fully saturated rings. The molecule has 0 aromatic carbocycles. The van der Waals surface area contributed by atoms with Crippen molar-refractivity contribution in [3.05, 3.63) is 27.9 Å². The van der Waals surface area contributed by atoms with Gasteiger partial charge in [-0.2, -0.15) is 0 Å². The molecular weight excluding hydrogens is 218 g/mol. The Balaban J connectivity index is 2.19. The van der Waals surface area contributed by atoms with Crippen LogP contribution in [0.4, 0.5) is 11.5 Å². The Kier molecular flexibility index (Phi) is 3.26. The first-order chi connectivity index (χ1) is 8.11. The highest BCUT2D eigenvalue weighted by molar-refractivity contribution is 5.48. The molecule has 17 heavy (non-hydrogen) atoms. The summed E-state index contributed by atoms with van der Waals surface area (Å²) in [6.45, 7) is 5.75. The van der Waals surface area contributed by atoms with Gasteiger partial charge in [-0.05, 0) is 38.7 Å². The first kappa shape index (κ1) is 11.8. The first-order valence-corrected chi connectivity index (χ1v) is 5.97. The van der Waals surface area contributed by atoms with Gasteiger partial charge in [-0.3, -0.25) is 10.1 Å². The van der Waals surface area contributed by atoms with Crippen LogP contribution >= 0.6 is 0 Å². The van der Waals surface area contributed by atoms with Gasteiger partial charge in [0.05, 0.1) is 4.92 Å². The van der Waals surface area contributed by atoms with E-state index in [1.54, 1.807) is 6.92 Å². The van der Waals surface area contributed by atoms with Crippen molar-refractivity contribution in [2.45, 2.75) is 26.7 Å². The zero-order valence-corrected chi connectivity index (χ0v) is 10.2. The minimum atomic E-state index is -0.386. The Hall–Kier alpha value is -1.65. The second kappa shape index (κ2) is 4.69. The van der Waals surface area contributed by atoms with Gasteiger partial charge in [0.25, 0.3) is 5.69 Å². The first-order valence-electron chi connectivity index (χ1n) is 5.97. The summed E-state index contributed by atoms with van der Waals surface area (Å²) in [4.78, 5) is 16.7. The van der Waals surface area contributed by atoms with E-state index in [4.69, 9.17) is 0 Å². The molecule has 5 nitrogen and oxygen atoms in total. The number of hydrogen-bond acceptors (Lipinski definition) is 4. The maximum atomic E-state index is 10.7. The number of rotatable bonds is 5. The molecule has 5 heteroatoms. The van der Waals surface area contributed by atoms with E-state index in [0.29, 0.717) is 5.56 Å². The molecule has 1 heterocycles. The summed E-state index contributed by atoms with van der Waals surface area (Å²) in [6, 6.07) is 1.81. The number of aryl methyl sites for hydroxylation is 1. The normalized spacial score (nSPS) is 14.7. The van der Waals surface area contributed by atoms with E-state index >= 15 is 0 Å². The van der Waals surface area contributed by atoms with Gasteiger partial charge in [-0.1, -0.05) is 0 Å². The van der Waals surface area contributed by atoms with Crippen LogP contribution < -0.4 is 4.90 Å². The van der Waals surface area contributed by atoms with Crippen LogP contribution in [0.3, 0.4) is 0 Å². The highest BCUT2D eigenvalue weighted by Crippen LogP contribution is 2.31. The molecule has 0 unspecified atom stereocenters. The van der Waals surface area contributed by atoms with Crippen LogP contribution in [-0.2, 0) is 0 Å². The average Bonchev–Trinajstić information content (AvgIpc) is 3.09. The lowest BCUT2D eigenvalue weighted by molar-refractivity contribution is -0.385. The van der Waals surface area contributed by atoms with Gasteiger partial charge in [-0.25, -0.2) is 4.98 Å². The summed E-state index contributed by atoms with van der Waals surface area (Å²) in [7, 11) is 0. The fourth-order valence-electron chi connectivity index (χ4n) is 1.89. The Labute approximate surface area is 101 Å². The van der Waals surface area contributed by atoms with Gasteiger partial charge in [0.1, 0.15) is 12.0 Å². The summed E-state index contributed by atoms with van der Waals surface area (Å²) in [5.41, 5.74) is 0.769. The lowest BCUT2D eigenvalue weighted by atomic mass is 10.2. The van der Waals surface area contributed by atoms with Crippen molar-refractivity contribution in [2.24, 2.45) is 5.92 Å². The molecule has 1 aliphatic rings. The number of anilines is 1. The molecule has 0 aliphatic heterocycles. The quantitative estimate of drug-likeness (QED) is 0.581. The third-order valence-corrected chi connectivity index (χ3v) is 3.15. The average molecular weight is 235 g/mol. The van der Waals surface area contributed by atoms with Crippen molar-refractivity contribution in [3.8, 4) is 0 Å². The van der Waals surface area contributed by atoms with E-state index in [-0.39, 0.29) is 10.6 Å². The Bertz CT molecular complexity index is 430. The summed E-state index contributed by atoms with van der Waals surface area (Å²) in [6.07, 6.45) is 3.95. The zero-order chi connectivity index (χ0) is 12.4. The number of hydrogen-bond donors (Lipinski definition) is 0. The van der Waals surface area contributed by atoms with Crippen LogP contribution in [0.1, 0.15) is 25.3 Å². The highest BCUT2D eigenvalue weighted by atomic mass is 16.6. The Morgan fingerprint density at radius 2 is 2.29 bits per heavy atom. The largest absolute Gasteiger partial charge is 0.357 e. The number of nitro groups is 1. The van der Waals surface area contributed by atoms with Gasteiger partial charge in [0.2, 0.25) is 0 Å². The molecular formula is C12H17N3O2. The minimum absolute atomic E-state index is 0.0937. The van der Waals surface area contributed by atoms with E-state index in [1.165, 1.54) is 19.0 Å². The molecule has 0 spiro atoms. The maximum absolute atomic E-state index is 10.7. The fourth-order valence-corrected chi connectivity index (χ4v) is 1.89. The summed E-state index contributed by atoms with van der Waals surface area (Å²) in [5, 5.41) is 10.7. The van der Waals surface area contributed by atoms with Crippen LogP contribution in [0.5, 0.6) is 0 Å². The topological polar surface area (TPSA) is 59.3 Å². The fraction of sp³-hybridized carbons (Fsp3) is 0.583. The van der Waals surface area contributed by atoms with Crippen LogP contribution in [0.2, 0.25) is 0 Å². The molecule has 1 aliphatic carbocycles. The molecule has 2 rings (SSSR count). The van der Waals surface area contributed by atoms with E-state index in [0.717, 1.165) is 24.8 Å². The third-order valence-electron chi connectivity index (χ3n) is 3.15. The second-order valence-electron chi connectivity index (χ2n) is 4.57. The molecule has 0 bridgehead atoms. The molecule has 1 saturated carbocycles. The van der Waals surface area contributed by atoms with E-state index in [2.05, 4.69) is 16.8 Å². The van der Waals surface area contributed by atoms with Crippen LogP contribution in [0.15, 0.2) is 12.3 Å². The second-order valence-corrected chi connectivity index (χ2v) is 4.57. The predicted octanol–water partition coefficient (Wildman–Crippen LogP) is 2.53. The van der Waals surface area contributed by atoms with Gasteiger partial charge in [-0.15, -0.1) is 0 Å². The van der Waals surface area contributed by atoms with Crippen LogP contribution in [0, 0.1) is 23.0 Å². The van der Waals surface area contributed by atoms with Gasteiger partial charge < -0.3 is 4.90 Å². The van der Waals surface area contributed by atoms with Gasteiger partial charge >= 0.3 is 0 Å². The van der Waals surface area contributed by atoms with Crippen LogP contribution in [0.25, 0.3) is 0 Å². The highest BCUT2D eigenvalue weighted by Gasteiger charge is 2.24. The Morgan fingerprint density at radius 3 is 2.76 bits per heavy atom. The molecule has 0 amide bonds. The van der Waals surface area contributed by atoms with Gasteiger partial charge in [0, 0.05) is 18.7 Å². The molecule has 0 radical (unpaired) electrons. The summed E-state index contributed by atoms with van der Waals surface area (Å²) >= 11 is 0. The number of nitrogens with zero attached hydrogens (tertiary/aromatic N) is 3. The van der Waals surface area contributed by atoms with Gasteiger partial charge in [0.15, 0.2) is 0 Å². The van der Waals surface area contributed by atoms with E-state index in [1.807, 2.05) is 6.07 Å². The monoisotopic (exact) mass is 235 g/mol. The molecule has 1 aromatic heterocycles. The maximum Gasteiger partial charge on any atom is 0.290 e. The SMILES string of the molecule is CCN(CC1CC1)c1cc(C)c([N+](=O)[O-])cn1. The third kappa shape index (κ3) is 2.72. The van der Waals surface area contributed by atoms with Crippen molar-refractivity contribution < 1.29 is 4.92 Å². The van der Waals surface area contributed by atoms with E-state index < -0.39 is 0 Å². The number of pyridine rings is 1. The predicted molar refractivity (Wildman–Crippen MR) is 66.2 cm³/mol. The van der Waals surface area contributed by atoms with Crippen molar-refractivity contribution in [1.82, 2.24) is 4.98 Å². The molecule has 92 valence electrons. The van der Waals surface area contributed by atoms with Crippen molar-refractivity contribution >= 4 is 11.5 Å². The molecule has 1 aromatic rings. The molecule has 0 N–H and O–H groups in total. The summed E-state index contributed by atoms with van der Waals surface area (Å²) in [5.74, 6) is 1.63. The van der Waals surface area contributed by atoms with Crippen molar-refractivity contribution in [2.75, 3.05) is 18.0 Å².